The van der Waals surface area contributed by atoms with E-state index in [1.54, 1.807) is 6.07 Å². The molecule has 0 saturated heterocycles. The van der Waals surface area contributed by atoms with Gasteiger partial charge in [-0.25, -0.2) is 15.0 Å². The fourth-order valence-electron chi connectivity index (χ4n) is 1.13. The molecule has 0 radical (unpaired) electrons. The fraction of sp³-hybridized carbons (Fsp3) is 0. The second kappa shape index (κ2) is 4.30. The summed E-state index contributed by atoms with van der Waals surface area (Å²) in [4.78, 5) is 21.7. The Kier molecular flexibility index (Phi) is 2.68. The van der Waals surface area contributed by atoms with Gasteiger partial charge in [-0.15, -0.1) is 0 Å². The Bertz CT molecular complexity index is 502. The Labute approximate surface area is 90.4 Å². The molecule has 0 fully saturated rings. The van der Waals surface area contributed by atoms with Crippen LogP contribution in [0.1, 0.15) is 0 Å². The summed E-state index contributed by atoms with van der Waals surface area (Å²) < 4.78 is 0. The minimum Gasteiger partial charge on any atom is -0.319 e. The van der Waals surface area contributed by atoms with Gasteiger partial charge < -0.3 is 5.32 Å². The van der Waals surface area contributed by atoms with Crippen molar-refractivity contribution in [2.75, 3.05) is 5.32 Å². The Morgan fingerprint density at radius 3 is 2.81 bits per heavy atom. The summed E-state index contributed by atoms with van der Waals surface area (Å²) in [6, 6.07) is 4.47. The smallest absolute Gasteiger partial charge is 0.311 e. The van der Waals surface area contributed by atoms with Gasteiger partial charge in [0.15, 0.2) is 0 Å². The van der Waals surface area contributed by atoms with E-state index in [-0.39, 0.29) is 11.5 Å². The number of aromatic nitrogens is 3. The third kappa shape index (κ3) is 2.08. The van der Waals surface area contributed by atoms with E-state index in [2.05, 4.69) is 20.3 Å². The lowest BCUT2D eigenvalue weighted by molar-refractivity contribution is -0.384. The maximum atomic E-state index is 10.7. The molecule has 0 unspecified atom stereocenters. The van der Waals surface area contributed by atoms with E-state index >= 15 is 0 Å². The molecule has 2 heterocycles. The molecule has 1 N–H and O–H groups in total. The van der Waals surface area contributed by atoms with Gasteiger partial charge in [-0.2, -0.15) is 0 Å². The van der Waals surface area contributed by atoms with Crippen molar-refractivity contribution in [1.29, 1.82) is 0 Å². The number of hydrogen-bond donors (Lipinski definition) is 1. The lowest BCUT2D eigenvalue weighted by Crippen LogP contribution is -2.00. The summed E-state index contributed by atoms with van der Waals surface area (Å²) in [6.45, 7) is 0. The quantitative estimate of drug-likeness (QED) is 0.618. The second-order valence-electron chi connectivity index (χ2n) is 2.85. The molecule has 0 aliphatic heterocycles. The summed E-state index contributed by atoms with van der Waals surface area (Å²) >= 11 is 0. The standard InChI is InChI=1S/C9H7N5O2/c15-14(16)7-2-1-4-11-9(7)13-8-3-5-10-6-12-8/h1-6H,(H,10,11,12,13). The topological polar surface area (TPSA) is 93.8 Å². The highest BCUT2D eigenvalue weighted by molar-refractivity contribution is 5.62. The molecule has 7 heteroatoms. The Morgan fingerprint density at radius 2 is 2.12 bits per heavy atom. The number of nitro groups is 1. The highest BCUT2D eigenvalue weighted by atomic mass is 16.6. The number of hydrogen-bond acceptors (Lipinski definition) is 6. The molecule has 2 aromatic rings. The van der Waals surface area contributed by atoms with Crippen molar-refractivity contribution in [3.63, 3.8) is 0 Å². The van der Waals surface area contributed by atoms with Crippen molar-refractivity contribution in [3.05, 3.63) is 47.0 Å². The maximum Gasteiger partial charge on any atom is 0.311 e. The monoisotopic (exact) mass is 217 g/mol. The van der Waals surface area contributed by atoms with E-state index in [0.717, 1.165) is 0 Å². The predicted molar refractivity (Wildman–Crippen MR) is 56.2 cm³/mol. The first-order valence-corrected chi connectivity index (χ1v) is 4.40. The van der Waals surface area contributed by atoms with E-state index in [1.165, 1.54) is 30.9 Å². The van der Waals surface area contributed by atoms with Crippen LogP contribution < -0.4 is 5.32 Å². The minimum absolute atomic E-state index is 0.0962. The van der Waals surface area contributed by atoms with Gasteiger partial charge >= 0.3 is 5.69 Å². The lowest BCUT2D eigenvalue weighted by Gasteiger charge is -2.03. The van der Waals surface area contributed by atoms with Gasteiger partial charge in [-0.1, -0.05) is 0 Å². The van der Waals surface area contributed by atoms with Gasteiger partial charge in [0.25, 0.3) is 0 Å². The van der Waals surface area contributed by atoms with Gasteiger partial charge in [0.05, 0.1) is 4.92 Å². The van der Waals surface area contributed by atoms with Crippen LogP contribution in [0.4, 0.5) is 17.3 Å². The van der Waals surface area contributed by atoms with Gasteiger partial charge in [0, 0.05) is 18.5 Å². The van der Waals surface area contributed by atoms with Crippen LogP contribution in [-0.4, -0.2) is 19.9 Å². The lowest BCUT2D eigenvalue weighted by atomic mass is 10.4. The zero-order chi connectivity index (χ0) is 11.4. The van der Waals surface area contributed by atoms with Crippen molar-refractivity contribution in [1.82, 2.24) is 15.0 Å². The fourth-order valence-corrected chi connectivity index (χ4v) is 1.13. The van der Waals surface area contributed by atoms with Crippen LogP contribution in [-0.2, 0) is 0 Å². The number of anilines is 2. The number of rotatable bonds is 3. The van der Waals surface area contributed by atoms with E-state index in [4.69, 9.17) is 0 Å². The molecule has 2 rings (SSSR count). The molecule has 0 spiro atoms. The van der Waals surface area contributed by atoms with E-state index in [0.29, 0.717) is 5.82 Å². The van der Waals surface area contributed by atoms with Crippen molar-refractivity contribution in [2.24, 2.45) is 0 Å². The van der Waals surface area contributed by atoms with Crippen molar-refractivity contribution < 1.29 is 4.92 Å². The summed E-state index contributed by atoms with van der Waals surface area (Å²) in [5, 5.41) is 13.5. The number of nitrogens with zero attached hydrogens (tertiary/aromatic N) is 4. The van der Waals surface area contributed by atoms with Crippen molar-refractivity contribution in [3.8, 4) is 0 Å². The third-order valence-electron chi connectivity index (χ3n) is 1.81. The zero-order valence-electron chi connectivity index (χ0n) is 8.07. The van der Waals surface area contributed by atoms with E-state index in [1.807, 2.05) is 0 Å². The molecule has 0 saturated carbocycles. The van der Waals surface area contributed by atoms with Crippen molar-refractivity contribution >= 4 is 17.3 Å². The van der Waals surface area contributed by atoms with Crippen LogP contribution in [0.2, 0.25) is 0 Å². The van der Waals surface area contributed by atoms with E-state index in [9.17, 15) is 10.1 Å². The highest BCUT2D eigenvalue weighted by Crippen LogP contribution is 2.22. The van der Waals surface area contributed by atoms with Gasteiger partial charge in [0.1, 0.15) is 12.1 Å². The molecular weight excluding hydrogens is 210 g/mol. The molecule has 0 aliphatic carbocycles. The summed E-state index contributed by atoms with van der Waals surface area (Å²) in [6.07, 6.45) is 4.34. The molecule has 0 aromatic carbocycles. The Morgan fingerprint density at radius 1 is 1.25 bits per heavy atom. The minimum atomic E-state index is -0.503. The second-order valence-corrected chi connectivity index (χ2v) is 2.85. The Hall–Kier alpha value is -2.57. The largest absolute Gasteiger partial charge is 0.319 e. The zero-order valence-corrected chi connectivity index (χ0v) is 8.07. The van der Waals surface area contributed by atoms with Gasteiger partial charge in [-0.05, 0) is 12.1 Å². The molecule has 2 aromatic heterocycles. The first-order valence-electron chi connectivity index (χ1n) is 4.40. The van der Waals surface area contributed by atoms with Crippen LogP contribution in [0.25, 0.3) is 0 Å². The molecular formula is C9H7N5O2. The predicted octanol–water partition coefficient (Wildman–Crippen LogP) is 1.52. The van der Waals surface area contributed by atoms with Crippen molar-refractivity contribution in [2.45, 2.75) is 0 Å². The van der Waals surface area contributed by atoms with Gasteiger partial charge in [-0.3, -0.25) is 10.1 Å². The number of pyridine rings is 1. The average Bonchev–Trinajstić information content (AvgIpc) is 2.31. The van der Waals surface area contributed by atoms with Crippen LogP contribution in [0.5, 0.6) is 0 Å². The summed E-state index contributed by atoms with van der Waals surface area (Å²) in [7, 11) is 0. The number of nitrogens with one attached hydrogen (secondary N) is 1. The SMILES string of the molecule is O=[N+]([O-])c1cccnc1Nc1ccncn1. The maximum absolute atomic E-state index is 10.7. The van der Waals surface area contributed by atoms with E-state index < -0.39 is 4.92 Å². The molecule has 16 heavy (non-hydrogen) atoms. The van der Waals surface area contributed by atoms with Crippen LogP contribution in [0.3, 0.4) is 0 Å². The first-order chi connectivity index (χ1) is 7.77. The first kappa shape index (κ1) is 9.97. The normalized spacial score (nSPS) is 9.75. The Balaban J connectivity index is 2.31. The highest BCUT2D eigenvalue weighted by Gasteiger charge is 2.13. The van der Waals surface area contributed by atoms with Crippen LogP contribution in [0, 0.1) is 10.1 Å². The molecule has 0 atom stereocenters. The molecule has 7 nitrogen and oxygen atoms in total. The van der Waals surface area contributed by atoms with Gasteiger partial charge in [0.2, 0.25) is 5.82 Å². The molecule has 0 amide bonds. The summed E-state index contributed by atoms with van der Waals surface area (Å²) in [5.74, 6) is 0.614. The molecule has 0 aliphatic rings. The average molecular weight is 217 g/mol. The summed E-state index contributed by atoms with van der Waals surface area (Å²) in [5.41, 5.74) is -0.0962. The third-order valence-corrected chi connectivity index (χ3v) is 1.81. The van der Waals surface area contributed by atoms with Crippen LogP contribution >= 0.6 is 0 Å². The van der Waals surface area contributed by atoms with Crippen LogP contribution in [0.15, 0.2) is 36.9 Å². The molecule has 80 valence electrons. The molecule has 0 bridgehead atoms.